The van der Waals surface area contributed by atoms with E-state index >= 15 is 0 Å². The topological polar surface area (TPSA) is 49.3 Å². The normalized spacial score (nSPS) is 11.8. The van der Waals surface area contributed by atoms with Gasteiger partial charge in [0.25, 0.3) is 0 Å². The highest BCUT2D eigenvalue weighted by atomic mass is 32.2. The van der Waals surface area contributed by atoms with Gasteiger partial charge in [0, 0.05) is 10.6 Å². The number of carboxylic acid groups (broad SMARTS) is 1. The Morgan fingerprint density at radius 3 is 2.26 bits per heavy atom. The first-order valence-corrected chi connectivity index (χ1v) is 7.11. The van der Waals surface area contributed by atoms with Crippen molar-refractivity contribution in [1.82, 2.24) is 0 Å². The predicted molar refractivity (Wildman–Crippen MR) is 78.7 cm³/mol. The average molecular weight is 273 g/mol. The van der Waals surface area contributed by atoms with Gasteiger partial charge in [0.1, 0.15) is 0 Å². The fraction of sp³-hybridized carbons (Fsp3) is 0.133. The van der Waals surface area contributed by atoms with E-state index in [1.165, 1.54) is 0 Å². The molecule has 3 nitrogen and oxygen atoms in total. The highest BCUT2D eigenvalue weighted by Crippen LogP contribution is 2.22. The van der Waals surface area contributed by atoms with Crippen LogP contribution in [0.15, 0.2) is 59.5 Å². The molecule has 0 spiro atoms. The minimum Gasteiger partial charge on any atom is -0.479 e. The Balaban J connectivity index is 2.19. The lowest BCUT2D eigenvalue weighted by Crippen LogP contribution is -2.20. The Morgan fingerprint density at radius 2 is 1.74 bits per heavy atom. The monoisotopic (exact) mass is 273 g/mol. The van der Waals surface area contributed by atoms with E-state index in [0.29, 0.717) is 0 Å². The summed E-state index contributed by atoms with van der Waals surface area (Å²) in [5.41, 5.74) is 1.54. The van der Waals surface area contributed by atoms with E-state index in [0.717, 1.165) is 16.1 Å². The molecule has 98 valence electrons. The molecule has 0 aliphatic rings. The molecule has 0 aliphatic heterocycles. The number of carbonyl (C=O) groups is 1. The Bertz CT molecular complexity index is 540. The molecule has 1 unspecified atom stereocenters. The standard InChI is InChI=1S/C15H15NO2S/c1-19-13-9-7-12(8-10-13)16-14(15(17)18)11-5-3-2-4-6-11/h2-10,14,16H,1H3,(H,17,18). The van der Waals surface area contributed by atoms with Crippen molar-refractivity contribution >= 4 is 23.4 Å². The molecule has 2 aromatic carbocycles. The van der Waals surface area contributed by atoms with Crippen molar-refractivity contribution < 1.29 is 9.90 Å². The molecule has 0 aromatic heterocycles. The Hall–Kier alpha value is -1.94. The highest BCUT2D eigenvalue weighted by molar-refractivity contribution is 7.98. The second-order valence-corrected chi connectivity index (χ2v) is 4.93. The van der Waals surface area contributed by atoms with Crippen molar-refractivity contribution in [1.29, 1.82) is 0 Å². The third-order valence-corrected chi connectivity index (χ3v) is 3.52. The van der Waals surface area contributed by atoms with Gasteiger partial charge >= 0.3 is 5.97 Å². The second-order valence-electron chi connectivity index (χ2n) is 4.05. The van der Waals surface area contributed by atoms with Gasteiger partial charge < -0.3 is 10.4 Å². The van der Waals surface area contributed by atoms with Gasteiger partial charge in [-0.05, 0) is 36.1 Å². The number of aliphatic carboxylic acids is 1. The number of carboxylic acids is 1. The van der Waals surface area contributed by atoms with Crippen molar-refractivity contribution in [3.05, 3.63) is 60.2 Å². The number of hydrogen-bond acceptors (Lipinski definition) is 3. The predicted octanol–water partition coefficient (Wildman–Crippen LogP) is 3.65. The number of rotatable bonds is 5. The van der Waals surface area contributed by atoms with Crippen molar-refractivity contribution in [3.8, 4) is 0 Å². The molecule has 19 heavy (non-hydrogen) atoms. The maximum atomic E-state index is 11.4. The SMILES string of the molecule is CSc1ccc(NC(C(=O)O)c2ccccc2)cc1. The van der Waals surface area contributed by atoms with Gasteiger partial charge in [-0.2, -0.15) is 0 Å². The van der Waals surface area contributed by atoms with E-state index in [2.05, 4.69) is 5.32 Å². The molecule has 0 saturated carbocycles. The molecule has 0 bridgehead atoms. The zero-order chi connectivity index (χ0) is 13.7. The minimum atomic E-state index is -0.889. The molecular weight excluding hydrogens is 258 g/mol. The van der Waals surface area contributed by atoms with Gasteiger partial charge in [0.05, 0.1) is 0 Å². The van der Waals surface area contributed by atoms with E-state index < -0.39 is 12.0 Å². The average Bonchev–Trinajstić information content (AvgIpc) is 2.46. The van der Waals surface area contributed by atoms with Crippen molar-refractivity contribution in [2.24, 2.45) is 0 Å². The van der Waals surface area contributed by atoms with Gasteiger partial charge in [-0.25, -0.2) is 4.79 Å². The number of hydrogen-bond donors (Lipinski definition) is 2. The zero-order valence-corrected chi connectivity index (χ0v) is 11.4. The van der Waals surface area contributed by atoms with E-state index in [1.807, 2.05) is 60.9 Å². The van der Waals surface area contributed by atoms with E-state index in [-0.39, 0.29) is 0 Å². The molecule has 0 heterocycles. The van der Waals surface area contributed by atoms with Gasteiger partial charge in [-0.3, -0.25) is 0 Å². The lowest BCUT2D eigenvalue weighted by molar-refractivity contribution is -0.138. The molecule has 4 heteroatoms. The van der Waals surface area contributed by atoms with Crippen molar-refractivity contribution in [3.63, 3.8) is 0 Å². The summed E-state index contributed by atoms with van der Waals surface area (Å²) in [5, 5.41) is 12.4. The van der Waals surface area contributed by atoms with E-state index in [1.54, 1.807) is 11.8 Å². The minimum absolute atomic E-state index is 0.735. The van der Waals surface area contributed by atoms with Gasteiger partial charge in [0.15, 0.2) is 6.04 Å². The fourth-order valence-corrected chi connectivity index (χ4v) is 2.20. The maximum absolute atomic E-state index is 11.4. The lowest BCUT2D eigenvalue weighted by atomic mass is 10.1. The zero-order valence-electron chi connectivity index (χ0n) is 10.5. The Morgan fingerprint density at radius 1 is 1.11 bits per heavy atom. The van der Waals surface area contributed by atoms with Crippen LogP contribution in [0.2, 0.25) is 0 Å². The van der Waals surface area contributed by atoms with Gasteiger partial charge in [-0.15, -0.1) is 11.8 Å². The number of anilines is 1. The summed E-state index contributed by atoms with van der Waals surface area (Å²) in [4.78, 5) is 12.5. The van der Waals surface area contributed by atoms with E-state index in [9.17, 15) is 9.90 Å². The van der Waals surface area contributed by atoms with Crippen LogP contribution in [0.25, 0.3) is 0 Å². The van der Waals surface area contributed by atoms with Crippen molar-refractivity contribution in [2.45, 2.75) is 10.9 Å². The van der Waals surface area contributed by atoms with Crippen LogP contribution >= 0.6 is 11.8 Å². The number of benzene rings is 2. The quantitative estimate of drug-likeness (QED) is 0.816. The van der Waals surface area contributed by atoms with Gasteiger partial charge in [0.2, 0.25) is 0 Å². The van der Waals surface area contributed by atoms with Crippen LogP contribution in [0.5, 0.6) is 0 Å². The van der Waals surface area contributed by atoms with Crippen molar-refractivity contribution in [2.75, 3.05) is 11.6 Å². The molecule has 2 aromatic rings. The molecule has 2 rings (SSSR count). The molecular formula is C15H15NO2S. The van der Waals surface area contributed by atoms with Crippen LogP contribution in [0.4, 0.5) is 5.69 Å². The van der Waals surface area contributed by atoms with Crippen LogP contribution in [0.1, 0.15) is 11.6 Å². The summed E-state index contributed by atoms with van der Waals surface area (Å²) >= 11 is 1.65. The number of thioether (sulfide) groups is 1. The summed E-state index contributed by atoms with van der Waals surface area (Å²) in [6.45, 7) is 0. The third kappa shape index (κ3) is 3.51. The summed E-state index contributed by atoms with van der Waals surface area (Å²) in [6, 6.07) is 16.2. The van der Waals surface area contributed by atoms with E-state index in [4.69, 9.17) is 0 Å². The first kappa shape index (κ1) is 13.5. The summed E-state index contributed by atoms with van der Waals surface area (Å²) in [7, 11) is 0. The highest BCUT2D eigenvalue weighted by Gasteiger charge is 2.18. The first-order valence-electron chi connectivity index (χ1n) is 5.89. The molecule has 0 saturated heterocycles. The molecule has 0 amide bonds. The van der Waals surface area contributed by atoms with Crippen LogP contribution < -0.4 is 5.32 Å². The third-order valence-electron chi connectivity index (χ3n) is 2.78. The molecule has 2 N–H and O–H groups in total. The summed E-state index contributed by atoms with van der Waals surface area (Å²) in [6.07, 6.45) is 2.01. The molecule has 0 aliphatic carbocycles. The number of nitrogens with one attached hydrogen (secondary N) is 1. The largest absolute Gasteiger partial charge is 0.479 e. The lowest BCUT2D eigenvalue weighted by Gasteiger charge is -2.16. The molecule has 0 fully saturated rings. The Kier molecular flexibility index (Phi) is 4.47. The van der Waals surface area contributed by atoms with Gasteiger partial charge in [-0.1, -0.05) is 30.3 Å². The molecule has 1 atom stereocenters. The summed E-state index contributed by atoms with van der Waals surface area (Å²) < 4.78 is 0. The second kappa shape index (κ2) is 6.29. The van der Waals surface area contributed by atoms with Crippen LogP contribution in [0.3, 0.4) is 0 Å². The Labute approximate surface area is 116 Å². The fourth-order valence-electron chi connectivity index (χ4n) is 1.79. The first-order chi connectivity index (χ1) is 9.20. The molecule has 0 radical (unpaired) electrons. The van der Waals surface area contributed by atoms with Crippen LogP contribution in [0, 0.1) is 0 Å². The van der Waals surface area contributed by atoms with Crippen LogP contribution in [-0.2, 0) is 4.79 Å². The smallest absolute Gasteiger partial charge is 0.330 e. The summed E-state index contributed by atoms with van der Waals surface area (Å²) in [5.74, 6) is -0.889. The van der Waals surface area contributed by atoms with Crippen LogP contribution in [-0.4, -0.2) is 17.3 Å². The maximum Gasteiger partial charge on any atom is 0.330 e.